The Hall–Kier alpha value is -3.22. The average molecular weight is 696 g/mol. The number of carbonyl (C=O) groups excluding carboxylic acids is 1. The van der Waals surface area contributed by atoms with Crippen LogP contribution in [0.1, 0.15) is 55.9 Å². The second-order valence-electron chi connectivity index (χ2n) is 10.4. The zero-order chi connectivity index (χ0) is 33.2. The number of urea groups is 1. The number of carbonyl (C=O) groups is 1. The minimum atomic E-state index is -0.676. The van der Waals surface area contributed by atoms with Crippen molar-refractivity contribution in [3.63, 3.8) is 0 Å². The summed E-state index contributed by atoms with van der Waals surface area (Å²) in [6.07, 6.45) is 2.38. The number of unbranched alkanes of at least 4 members (excludes halogenated alkanes) is 1. The standard InChI is InChI=1S/C33H40Cl2N2O8S/c1-6-7-12-37(39)33(38)36-25-15-20(16-28(40-2)31(25)44-13-14-46-22-8-9-23(34)24(35)19-22)26-10-11-27(45-26)21-17-29(41-3)32(43-5)30(18-21)42-4/h8-9,15-19,26-27,39H,6-7,10-14H2,1-5H3,(H,36,38). The van der Waals surface area contributed by atoms with Crippen LogP contribution in [0.25, 0.3) is 0 Å². The first-order valence-electron chi connectivity index (χ1n) is 14.9. The number of benzene rings is 3. The van der Waals surface area contributed by atoms with Crippen molar-refractivity contribution in [2.75, 3.05) is 52.7 Å². The van der Waals surface area contributed by atoms with Crippen molar-refractivity contribution < 1.29 is 38.4 Å². The molecule has 1 saturated heterocycles. The molecular formula is C33H40Cl2N2O8S. The van der Waals surface area contributed by atoms with Gasteiger partial charge in [-0.3, -0.25) is 5.21 Å². The molecule has 0 aliphatic carbocycles. The van der Waals surface area contributed by atoms with Crippen molar-refractivity contribution >= 4 is 46.7 Å². The molecule has 0 spiro atoms. The van der Waals surface area contributed by atoms with Gasteiger partial charge in [0.25, 0.3) is 0 Å². The van der Waals surface area contributed by atoms with Gasteiger partial charge in [0.05, 0.1) is 69.5 Å². The van der Waals surface area contributed by atoms with Gasteiger partial charge in [0.15, 0.2) is 23.0 Å². The first-order chi connectivity index (χ1) is 22.2. The number of hydrogen-bond acceptors (Lipinski definition) is 9. The lowest BCUT2D eigenvalue weighted by molar-refractivity contribution is -0.0379. The third kappa shape index (κ3) is 8.77. The molecule has 13 heteroatoms. The van der Waals surface area contributed by atoms with E-state index < -0.39 is 6.03 Å². The smallest absolute Gasteiger partial charge is 0.345 e. The van der Waals surface area contributed by atoms with Crippen LogP contribution in [-0.2, 0) is 4.74 Å². The largest absolute Gasteiger partial charge is 0.493 e. The van der Waals surface area contributed by atoms with Crippen LogP contribution >= 0.6 is 35.0 Å². The quantitative estimate of drug-likeness (QED) is 0.0698. The van der Waals surface area contributed by atoms with E-state index in [-0.39, 0.29) is 18.8 Å². The number of ether oxygens (including phenoxy) is 6. The Balaban J connectivity index is 1.57. The number of anilines is 1. The summed E-state index contributed by atoms with van der Waals surface area (Å²) in [5.74, 6) is 2.96. The monoisotopic (exact) mass is 694 g/mol. The zero-order valence-corrected chi connectivity index (χ0v) is 28.9. The molecule has 46 heavy (non-hydrogen) atoms. The molecule has 1 aliphatic heterocycles. The normalized spacial score (nSPS) is 15.7. The lowest BCUT2D eigenvalue weighted by atomic mass is 10.0. The molecule has 1 aliphatic rings. The van der Waals surface area contributed by atoms with Crippen LogP contribution in [-0.4, -0.2) is 63.6 Å². The van der Waals surface area contributed by atoms with E-state index in [0.717, 1.165) is 28.9 Å². The van der Waals surface area contributed by atoms with Crippen molar-refractivity contribution in [3.8, 4) is 28.7 Å². The van der Waals surface area contributed by atoms with Crippen LogP contribution in [0.15, 0.2) is 47.4 Å². The molecule has 250 valence electrons. The van der Waals surface area contributed by atoms with Crippen LogP contribution in [0.3, 0.4) is 0 Å². The number of rotatable bonds is 15. The summed E-state index contributed by atoms with van der Waals surface area (Å²) in [4.78, 5) is 13.9. The van der Waals surface area contributed by atoms with E-state index in [9.17, 15) is 10.0 Å². The minimum Gasteiger partial charge on any atom is -0.493 e. The van der Waals surface area contributed by atoms with E-state index >= 15 is 0 Å². The maximum atomic E-state index is 13.0. The Labute approximate surface area is 284 Å². The van der Waals surface area contributed by atoms with Gasteiger partial charge in [-0.25, -0.2) is 9.86 Å². The van der Waals surface area contributed by atoms with Gasteiger partial charge in [-0.15, -0.1) is 11.8 Å². The average Bonchev–Trinajstić information content (AvgIpc) is 3.57. The van der Waals surface area contributed by atoms with Crippen molar-refractivity contribution in [3.05, 3.63) is 63.6 Å². The summed E-state index contributed by atoms with van der Waals surface area (Å²) in [7, 11) is 6.25. The summed E-state index contributed by atoms with van der Waals surface area (Å²) >= 11 is 13.7. The summed E-state index contributed by atoms with van der Waals surface area (Å²) in [5, 5.41) is 14.8. The molecule has 2 atom stereocenters. The number of methoxy groups -OCH3 is 4. The summed E-state index contributed by atoms with van der Waals surface area (Å²) in [6.45, 7) is 2.47. The van der Waals surface area contributed by atoms with E-state index in [2.05, 4.69) is 5.32 Å². The van der Waals surface area contributed by atoms with Gasteiger partial charge in [-0.05, 0) is 72.9 Å². The zero-order valence-electron chi connectivity index (χ0n) is 26.6. The van der Waals surface area contributed by atoms with Crippen molar-refractivity contribution in [2.45, 2.75) is 49.7 Å². The van der Waals surface area contributed by atoms with Crippen LogP contribution in [0.4, 0.5) is 10.5 Å². The maximum Gasteiger partial charge on any atom is 0.345 e. The molecule has 1 fully saturated rings. The summed E-state index contributed by atoms with van der Waals surface area (Å²) in [5.41, 5.74) is 2.04. The van der Waals surface area contributed by atoms with Gasteiger partial charge in [0, 0.05) is 10.6 Å². The fourth-order valence-electron chi connectivity index (χ4n) is 5.08. The van der Waals surface area contributed by atoms with E-state index in [1.54, 1.807) is 51.3 Å². The molecule has 10 nitrogen and oxygen atoms in total. The lowest BCUT2D eigenvalue weighted by Gasteiger charge is -2.22. The Morgan fingerprint density at radius 2 is 1.52 bits per heavy atom. The van der Waals surface area contributed by atoms with Crippen LogP contribution in [0.2, 0.25) is 10.0 Å². The third-order valence-electron chi connectivity index (χ3n) is 7.44. The van der Waals surface area contributed by atoms with Crippen LogP contribution in [0.5, 0.6) is 28.7 Å². The van der Waals surface area contributed by atoms with Gasteiger partial charge in [-0.2, -0.15) is 0 Å². The molecule has 0 aromatic heterocycles. The molecule has 3 aromatic rings. The predicted octanol–water partition coefficient (Wildman–Crippen LogP) is 8.81. The van der Waals surface area contributed by atoms with Gasteiger partial charge in [-0.1, -0.05) is 36.5 Å². The molecular weight excluding hydrogens is 655 g/mol. The Morgan fingerprint density at radius 3 is 2.09 bits per heavy atom. The first kappa shape index (κ1) is 35.6. The van der Waals surface area contributed by atoms with Gasteiger partial charge < -0.3 is 33.7 Å². The topological polar surface area (TPSA) is 108 Å². The number of nitrogens with zero attached hydrogens (tertiary/aromatic N) is 1. The van der Waals surface area contributed by atoms with Crippen molar-refractivity contribution in [1.29, 1.82) is 0 Å². The number of amides is 2. The van der Waals surface area contributed by atoms with Gasteiger partial charge >= 0.3 is 6.03 Å². The molecule has 3 aromatic carbocycles. The highest BCUT2D eigenvalue weighted by molar-refractivity contribution is 7.99. The van der Waals surface area contributed by atoms with E-state index in [0.29, 0.717) is 74.7 Å². The number of nitrogens with one attached hydrogen (secondary N) is 1. The highest BCUT2D eigenvalue weighted by atomic mass is 35.5. The second kappa shape index (κ2) is 17.1. The summed E-state index contributed by atoms with van der Waals surface area (Å²) < 4.78 is 35.0. The fraction of sp³-hybridized carbons (Fsp3) is 0.424. The van der Waals surface area contributed by atoms with E-state index in [1.165, 1.54) is 7.11 Å². The molecule has 2 unspecified atom stereocenters. The molecule has 0 saturated carbocycles. The van der Waals surface area contributed by atoms with E-state index in [1.807, 2.05) is 31.2 Å². The third-order valence-corrected chi connectivity index (χ3v) is 9.13. The molecule has 0 radical (unpaired) electrons. The van der Waals surface area contributed by atoms with Gasteiger partial charge in [0.1, 0.15) is 0 Å². The molecule has 2 N–H and O–H groups in total. The van der Waals surface area contributed by atoms with Crippen molar-refractivity contribution in [1.82, 2.24) is 5.06 Å². The minimum absolute atomic E-state index is 0.192. The molecule has 2 amide bonds. The molecule has 4 rings (SSSR count). The number of halogens is 2. The van der Waals surface area contributed by atoms with Crippen LogP contribution < -0.4 is 29.0 Å². The number of hydroxylamine groups is 2. The Bertz CT molecular complexity index is 1470. The highest BCUT2D eigenvalue weighted by Crippen LogP contribution is 2.48. The SMILES string of the molecule is CCCCN(O)C(=O)Nc1cc(C2CCC(c3cc(OC)c(OC)c(OC)c3)O2)cc(OC)c1OCCSc1ccc(Cl)c(Cl)c1. The Morgan fingerprint density at radius 1 is 0.913 bits per heavy atom. The summed E-state index contributed by atoms with van der Waals surface area (Å²) in [6, 6.07) is 12.2. The Kier molecular flexibility index (Phi) is 13.2. The number of thioether (sulfide) groups is 1. The fourth-order valence-corrected chi connectivity index (χ4v) is 6.21. The predicted molar refractivity (Wildman–Crippen MR) is 180 cm³/mol. The van der Waals surface area contributed by atoms with E-state index in [4.69, 9.17) is 51.6 Å². The lowest BCUT2D eigenvalue weighted by Crippen LogP contribution is -2.33. The number of hydrogen-bond donors (Lipinski definition) is 2. The molecule has 1 heterocycles. The van der Waals surface area contributed by atoms with Crippen molar-refractivity contribution in [2.24, 2.45) is 0 Å². The van der Waals surface area contributed by atoms with Gasteiger partial charge in [0.2, 0.25) is 5.75 Å². The van der Waals surface area contributed by atoms with Crippen LogP contribution in [0, 0.1) is 0 Å². The first-order valence-corrected chi connectivity index (χ1v) is 16.6. The highest BCUT2D eigenvalue weighted by Gasteiger charge is 2.31. The molecule has 0 bridgehead atoms. The second-order valence-corrected chi connectivity index (χ2v) is 12.4. The maximum absolute atomic E-state index is 13.0.